The van der Waals surface area contributed by atoms with Crippen molar-refractivity contribution in [1.29, 1.82) is 0 Å². The maximum atomic E-state index is 5.68. The second-order valence-electron chi connectivity index (χ2n) is 3.28. The summed E-state index contributed by atoms with van der Waals surface area (Å²) in [7, 11) is 0. The Morgan fingerprint density at radius 2 is 2.00 bits per heavy atom. The first kappa shape index (κ1) is 11.0. The molecule has 0 aromatic heterocycles. The molecule has 0 aliphatic carbocycles. The largest absolute Gasteiger partial charge is 0.374 e. The fraction of sp³-hybridized carbons (Fsp3) is 0.385. The molecule has 14 heavy (non-hydrogen) atoms. The molecule has 0 bridgehead atoms. The quantitative estimate of drug-likeness (QED) is 0.508. The first-order valence-corrected chi connectivity index (χ1v) is 5.12. The zero-order valence-electron chi connectivity index (χ0n) is 8.94. The van der Waals surface area contributed by atoms with Gasteiger partial charge in [0.05, 0.1) is 12.7 Å². The lowest BCUT2D eigenvalue weighted by Gasteiger charge is -2.12. The number of benzene rings is 1. The smallest absolute Gasteiger partial charge is 0.0796 e. The lowest BCUT2D eigenvalue weighted by atomic mass is 10.1. The van der Waals surface area contributed by atoms with E-state index in [0.717, 1.165) is 13.0 Å². The molecule has 0 saturated carbocycles. The summed E-state index contributed by atoms with van der Waals surface area (Å²) < 4.78 is 5.68. The third-order valence-electron chi connectivity index (χ3n) is 2.16. The summed E-state index contributed by atoms with van der Waals surface area (Å²) in [5, 5.41) is 0. The van der Waals surface area contributed by atoms with Crippen molar-refractivity contribution in [2.45, 2.75) is 26.4 Å². The Kier molecular flexibility index (Phi) is 5.02. The summed E-state index contributed by atoms with van der Waals surface area (Å²) in [4.78, 5) is 0. The van der Waals surface area contributed by atoms with Crippen LogP contribution in [0.1, 0.15) is 31.9 Å². The minimum atomic E-state index is 0.196. The Morgan fingerprint density at radius 3 is 2.64 bits per heavy atom. The van der Waals surface area contributed by atoms with Gasteiger partial charge in [-0.3, -0.25) is 0 Å². The summed E-state index contributed by atoms with van der Waals surface area (Å²) in [5.41, 5.74) is 1.24. The second-order valence-corrected chi connectivity index (χ2v) is 3.28. The van der Waals surface area contributed by atoms with Gasteiger partial charge in [0.1, 0.15) is 0 Å². The van der Waals surface area contributed by atoms with E-state index in [0.29, 0.717) is 0 Å². The normalized spacial score (nSPS) is 13.3. The molecule has 0 N–H and O–H groups in total. The summed E-state index contributed by atoms with van der Waals surface area (Å²) in [5.74, 6) is 0. The topological polar surface area (TPSA) is 9.23 Å². The van der Waals surface area contributed by atoms with E-state index in [1.165, 1.54) is 5.56 Å². The van der Waals surface area contributed by atoms with Crippen LogP contribution in [0, 0.1) is 0 Å². The molecule has 0 spiro atoms. The Labute approximate surface area is 86.4 Å². The second kappa shape index (κ2) is 6.39. The summed E-state index contributed by atoms with van der Waals surface area (Å²) in [6.07, 6.45) is 5.36. The van der Waals surface area contributed by atoms with Crippen molar-refractivity contribution in [2.75, 3.05) is 6.61 Å². The molecule has 0 saturated heterocycles. The fourth-order valence-corrected chi connectivity index (χ4v) is 1.30. The lowest BCUT2D eigenvalue weighted by Crippen LogP contribution is -2.00. The van der Waals surface area contributed by atoms with Crippen LogP contribution in [-0.4, -0.2) is 6.61 Å². The molecule has 0 heterocycles. The Morgan fingerprint density at radius 1 is 1.29 bits per heavy atom. The molecule has 0 fully saturated rings. The lowest BCUT2D eigenvalue weighted by molar-refractivity contribution is 0.0693. The average Bonchev–Trinajstić information content (AvgIpc) is 2.25. The Bertz CT molecular complexity index is 264. The van der Waals surface area contributed by atoms with Crippen LogP contribution in [0.25, 0.3) is 0 Å². The molecular weight excluding hydrogens is 172 g/mol. The van der Waals surface area contributed by atoms with Gasteiger partial charge in [-0.1, -0.05) is 42.5 Å². The van der Waals surface area contributed by atoms with E-state index >= 15 is 0 Å². The molecular formula is C13H18O. The third-order valence-corrected chi connectivity index (χ3v) is 2.16. The van der Waals surface area contributed by atoms with Gasteiger partial charge in [-0.15, -0.1) is 0 Å². The van der Waals surface area contributed by atoms with Crippen molar-refractivity contribution in [1.82, 2.24) is 0 Å². The maximum Gasteiger partial charge on any atom is 0.0796 e. The molecule has 1 atom stereocenters. The van der Waals surface area contributed by atoms with Gasteiger partial charge in [-0.05, 0) is 25.8 Å². The van der Waals surface area contributed by atoms with Crippen molar-refractivity contribution in [3.8, 4) is 0 Å². The van der Waals surface area contributed by atoms with Gasteiger partial charge in [0.2, 0.25) is 0 Å². The van der Waals surface area contributed by atoms with E-state index in [4.69, 9.17) is 4.74 Å². The zero-order chi connectivity index (χ0) is 10.2. The van der Waals surface area contributed by atoms with Gasteiger partial charge < -0.3 is 4.74 Å². The van der Waals surface area contributed by atoms with Crippen LogP contribution in [0.5, 0.6) is 0 Å². The highest BCUT2D eigenvalue weighted by Gasteiger charge is 2.02. The maximum absolute atomic E-state index is 5.68. The van der Waals surface area contributed by atoms with Crippen LogP contribution >= 0.6 is 0 Å². The molecule has 0 aliphatic heterocycles. The molecule has 1 nitrogen and oxygen atoms in total. The SMILES string of the molecule is CC=CCCOC(C)c1ccccc1. The Balaban J connectivity index is 2.32. The number of rotatable bonds is 5. The zero-order valence-corrected chi connectivity index (χ0v) is 8.94. The van der Waals surface area contributed by atoms with Gasteiger partial charge in [0.15, 0.2) is 0 Å². The van der Waals surface area contributed by atoms with E-state index in [1.807, 2.05) is 25.1 Å². The molecule has 0 radical (unpaired) electrons. The van der Waals surface area contributed by atoms with Crippen LogP contribution in [0.15, 0.2) is 42.5 Å². The van der Waals surface area contributed by atoms with Gasteiger partial charge in [0.25, 0.3) is 0 Å². The van der Waals surface area contributed by atoms with Gasteiger partial charge in [-0.2, -0.15) is 0 Å². The molecule has 1 rings (SSSR count). The first-order valence-electron chi connectivity index (χ1n) is 5.12. The number of ether oxygens (including phenoxy) is 1. The van der Waals surface area contributed by atoms with Gasteiger partial charge in [-0.25, -0.2) is 0 Å². The summed E-state index contributed by atoms with van der Waals surface area (Å²) in [6.45, 7) is 4.91. The highest BCUT2D eigenvalue weighted by atomic mass is 16.5. The van der Waals surface area contributed by atoms with Crippen molar-refractivity contribution in [3.63, 3.8) is 0 Å². The predicted molar refractivity (Wildman–Crippen MR) is 60.2 cm³/mol. The van der Waals surface area contributed by atoms with Crippen LogP contribution < -0.4 is 0 Å². The fourth-order valence-electron chi connectivity index (χ4n) is 1.30. The van der Waals surface area contributed by atoms with Crippen molar-refractivity contribution in [2.24, 2.45) is 0 Å². The highest BCUT2D eigenvalue weighted by Crippen LogP contribution is 2.15. The van der Waals surface area contributed by atoms with Crippen molar-refractivity contribution < 1.29 is 4.74 Å². The molecule has 76 valence electrons. The molecule has 1 heteroatoms. The van der Waals surface area contributed by atoms with E-state index in [2.05, 4.69) is 31.2 Å². The number of allylic oxidation sites excluding steroid dienone is 1. The standard InChI is InChI=1S/C13H18O/c1-3-4-8-11-14-12(2)13-9-6-5-7-10-13/h3-7,9-10,12H,8,11H2,1-2H3. The highest BCUT2D eigenvalue weighted by molar-refractivity contribution is 5.16. The summed E-state index contributed by atoms with van der Waals surface area (Å²) >= 11 is 0. The van der Waals surface area contributed by atoms with E-state index in [-0.39, 0.29) is 6.10 Å². The third kappa shape index (κ3) is 3.75. The minimum absolute atomic E-state index is 0.196. The summed E-state index contributed by atoms with van der Waals surface area (Å²) in [6, 6.07) is 10.3. The Hall–Kier alpha value is -1.08. The molecule has 1 aromatic carbocycles. The minimum Gasteiger partial charge on any atom is -0.374 e. The molecule has 0 amide bonds. The first-order chi connectivity index (χ1) is 6.84. The van der Waals surface area contributed by atoms with E-state index in [9.17, 15) is 0 Å². The van der Waals surface area contributed by atoms with Crippen LogP contribution in [0.3, 0.4) is 0 Å². The van der Waals surface area contributed by atoms with Gasteiger partial charge >= 0.3 is 0 Å². The molecule has 0 aliphatic rings. The monoisotopic (exact) mass is 190 g/mol. The van der Waals surface area contributed by atoms with E-state index in [1.54, 1.807) is 0 Å². The number of hydrogen-bond donors (Lipinski definition) is 0. The number of hydrogen-bond acceptors (Lipinski definition) is 1. The van der Waals surface area contributed by atoms with Crippen LogP contribution in [0.2, 0.25) is 0 Å². The molecule has 1 unspecified atom stereocenters. The van der Waals surface area contributed by atoms with E-state index < -0.39 is 0 Å². The van der Waals surface area contributed by atoms with Crippen LogP contribution in [-0.2, 0) is 4.74 Å². The van der Waals surface area contributed by atoms with Gasteiger partial charge in [0, 0.05) is 0 Å². The average molecular weight is 190 g/mol. The van der Waals surface area contributed by atoms with Crippen LogP contribution in [0.4, 0.5) is 0 Å². The predicted octanol–water partition coefficient (Wildman–Crippen LogP) is 3.73. The molecule has 1 aromatic rings. The van der Waals surface area contributed by atoms with Crippen molar-refractivity contribution in [3.05, 3.63) is 48.0 Å². The van der Waals surface area contributed by atoms with Crippen molar-refractivity contribution >= 4 is 0 Å².